The van der Waals surface area contributed by atoms with Gasteiger partial charge in [-0.2, -0.15) is 0 Å². The molecule has 0 aliphatic carbocycles. The second-order valence-corrected chi connectivity index (χ2v) is 5.39. The monoisotopic (exact) mass is 297 g/mol. The number of hydrogen-bond acceptors (Lipinski definition) is 2. The van der Waals surface area contributed by atoms with Crippen LogP contribution < -0.4 is 4.90 Å². The molecule has 1 N–H and O–H groups in total. The molecule has 1 heterocycles. The average molecular weight is 298 g/mol. The van der Waals surface area contributed by atoms with Crippen molar-refractivity contribution >= 4 is 27.6 Å². The van der Waals surface area contributed by atoms with Crippen LogP contribution in [0.4, 0.5) is 5.69 Å². The lowest BCUT2D eigenvalue weighted by Gasteiger charge is -2.20. The van der Waals surface area contributed by atoms with Crippen LogP contribution >= 0.6 is 15.9 Å². The fourth-order valence-corrected chi connectivity index (χ4v) is 2.70. The van der Waals surface area contributed by atoms with E-state index < -0.39 is 5.97 Å². The topological polar surface area (TPSA) is 40.5 Å². The van der Waals surface area contributed by atoms with Crippen LogP contribution in [0.2, 0.25) is 0 Å². The van der Waals surface area contributed by atoms with E-state index in [2.05, 4.69) is 27.8 Å². The lowest BCUT2D eigenvalue weighted by Crippen LogP contribution is -2.22. The average Bonchev–Trinajstić information content (AvgIpc) is 2.77. The number of anilines is 1. The molecule has 0 saturated carbocycles. The molecule has 92 valence electrons. The van der Waals surface area contributed by atoms with E-state index in [1.807, 2.05) is 12.1 Å². The molecule has 1 aromatic carbocycles. The lowest BCUT2D eigenvalue weighted by atomic mass is 10.1. The third-order valence-electron chi connectivity index (χ3n) is 3.39. The summed E-state index contributed by atoms with van der Waals surface area (Å²) < 4.78 is 0.810. The summed E-state index contributed by atoms with van der Waals surface area (Å²) in [5, 5.41) is 9.23. The van der Waals surface area contributed by atoms with Crippen molar-refractivity contribution in [3.8, 4) is 0 Å². The SMILES string of the molecule is CCC1CCN(c2ccc(Br)cc2C(=O)O)C1. The highest BCUT2D eigenvalue weighted by Crippen LogP contribution is 2.30. The molecule has 1 saturated heterocycles. The van der Waals surface area contributed by atoms with Crippen LogP contribution in [0.5, 0.6) is 0 Å². The summed E-state index contributed by atoms with van der Waals surface area (Å²) in [6.45, 7) is 4.12. The quantitative estimate of drug-likeness (QED) is 0.930. The van der Waals surface area contributed by atoms with Crippen LogP contribution in [0.1, 0.15) is 30.1 Å². The van der Waals surface area contributed by atoms with Crippen LogP contribution in [0, 0.1) is 5.92 Å². The van der Waals surface area contributed by atoms with Gasteiger partial charge in [-0.3, -0.25) is 0 Å². The highest BCUT2D eigenvalue weighted by molar-refractivity contribution is 9.10. The molecule has 0 radical (unpaired) electrons. The predicted octanol–water partition coefficient (Wildman–Crippen LogP) is 3.38. The summed E-state index contributed by atoms with van der Waals surface area (Å²) in [6, 6.07) is 5.48. The first-order valence-electron chi connectivity index (χ1n) is 5.89. The van der Waals surface area contributed by atoms with Crippen molar-refractivity contribution in [3.63, 3.8) is 0 Å². The second-order valence-electron chi connectivity index (χ2n) is 4.48. The maximum absolute atomic E-state index is 11.2. The minimum Gasteiger partial charge on any atom is -0.478 e. The molecule has 1 aliphatic heterocycles. The van der Waals surface area contributed by atoms with E-state index in [-0.39, 0.29) is 0 Å². The first-order chi connectivity index (χ1) is 8.11. The van der Waals surface area contributed by atoms with E-state index in [1.54, 1.807) is 6.07 Å². The minimum atomic E-state index is -0.860. The molecule has 0 spiro atoms. The lowest BCUT2D eigenvalue weighted by molar-refractivity contribution is 0.0697. The van der Waals surface area contributed by atoms with Gasteiger partial charge >= 0.3 is 5.97 Å². The van der Waals surface area contributed by atoms with Gasteiger partial charge in [0.15, 0.2) is 0 Å². The van der Waals surface area contributed by atoms with Crippen LogP contribution in [-0.2, 0) is 0 Å². The van der Waals surface area contributed by atoms with Crippen LogP contribution in [-0.4, -0.2) is 24.2 Å². The van der Waals surface area contributed by atoms with Gasteiger partial charge in [-0.05, 0) is 30.5 Å². The molecule has 1 fully saturated rings. The Morgan fingerprint density at radius 3 is 2.94 bits per heavy atom. The molecular formula is C13H16BrNO2. The summed E-state index contributed by atoms with van der Waals surface area (Å²) >= 11 is 3.32. The fourth-order valence-electron chi connectivity index (χ4n) is 2.34. The van der Waals surface area contributed by atoms with Crippen LogP contribution in [0.15, 0.2) is 22.7 Å². The van der Waals surface area contributed by atoms with Crippen LogP contribution in [0.3, 0.4) is 0 Å². The first-order valence-corrected chi connectivity index (χ1v) is 6.69. The molecular weight excluding hydrogens is 282 g/mol. The third kappa shape index (κ3) is 2.63. The van der Waals surface area contributed by atoms with Crippen molar-refractivity contribution in [2.75, 3.05) is 18.0 Å². The highest BCUT2D eigenvalue weighted by Gasteiger charge is 2.24. The van der Waals surface area contributed by atoms with E-state index in [0.717, 1.165) is 36.1 Å². The van der Waals surface area contributed by atoms with Gasteiger partial charge in [0.25, 0.3) is 0 Å². The van der Waals surface area contributed by atoms with E-state index in [0.29, 0.717) is 11.5 Å². The largest absolute Gasteiger partial charge is 0.478 e. The molecule has 2 rings (SSSR count). The zero-order valence-corrected chi connectivity index (χ0v) is 11.4. The summed E-state index contributed by atoms with van der Waals surface area (Å²) in [5.74, 6) is -0.165. The molecule has 0 amide bonds. The number of rotatable bonds is 3. The molecule has 4 heteroatoms. The summed E-state index contributed by atoms with van der Waals surface area (Å²) in [6.07, 6.45) is 2.32. The number of benzene rings is 1. The molecule has 3 nitrogen and oxygen atoms in total. The van der Waals surface area contributed by atoms with Crippen LogP contribution in [0.25, 0.3) is 0 Å². The first kappa shape index (κ1) is 12.4. The van der Waals surface area contributed by atoms with E-state index in [4.69, 9.17) is 0 Å². The Morgan fingerprint density at radius 2 is 2.35 bits per heavy atom. The Balaban J connectivity index is 2.29. The Morgan fingerprint density at radius 1 is 1.59 bits per heavy atom. The van der Waals surface area contributed by atoms with Gasteiger partial charge in [-0.15, -0.1) is 0 Å². The summed E-state index contributed by atoms with van der Waals surface area (Å²) in [7, 11) is 0. The highest BCUT2D eigenvalue weighted by atomic mass is 79.9. The van der Waals surface area contributed by atoms with Crippen molar-refractivity contribution in [2.24, 2.45) is 5.92 Å². The van der Waals surface area contributed by atoms with Gasteiger partial charge < -0.3 is 10.0 Å². The Kier molecular flexibility index (Phi) is 3.72. The van der Waals surface area contributed by atoms with E-state index in [9.17, 15) is 9.90 Å². The van der Waals surface area contributed by atoms with Gasteiger partial charge in [0.1, 0.15) is 0 Å². The van der Waals surface area contributed by atoms with Crippen molar-refractivity contribution in [1.82, 2.24) is 0 Å². The summed E-state index contributed by atoms with van der Waals surface area (Å²) in [4.78, 5) is 13.4. The van der Waals surface area contributed by atoms with E-state index >= 15 is 0 Å². The molecule has 17 heavy (non-hydrogen) atoms. The van der Waals surface area contributed by atoms with Gasteiger partial charge in [0.2, 0.25) is 0 Å². The molecule has 1 aromatic rings. The van der Waals surface area contributed by atoms with Gasteiger partial charge in [-0.1, -0.05) is 29.3 Å². The zero-order chi connectivity index (χ0) is 12.4. The van der Waals surface area contributed by atoms with Crippen molar-refractivity contribution in [1.29, 1.82) is 0 Å². The summed E-state index contributed by atoms with van der Waals surface area (Å²) in [5.41, 5.74) is 1.23. The Labute approximate surface area is 110 Å². The normalized spacial score (nSPS) is 19.6. The molecule has 0 bridgehead atoms. The molecule has 1 atom stereocenters. The molecule has 1 aliphatic rings. The number of carboxylic acids is 1. The van der Waals surface area contributed by atoms with Crippen molar-refractivity contribution in [3.05, 3.63) is 28.2 Å². The number of halogens is 1. The Bertz CT molecular complexity index is 433. The van der Waals surface area contributed by atoms with Crippen molar-refractivity contribution in [2.45, 2.75) is 19.8 Å². The second kappa shape index (κ2) is 5.08. The third-order valence-corrected chi connectivity index (χ3v) is 3.89. The maximum Gasteiger partial charge on any atom is 0.337 e. The number of aromatic carboxylic acids is 1. The number of hydrogen-bond donors (Lipinski definition) is 1. The minimum absolute atomic E-state index is 0.385. The smallest absolute Gasteiger partial charge is 0.337 e. The van der Waals surface area contributed by atoms with Gasteiger partial charge in [0, 0.05) is 17.6 Å². The Hall–Kier alpha value is -1.03. The maximum atomic E-state index is 11.2. The van der Waals surface area contributed by atoms with Crippen molar-refractivity contribution < 1.29 is 9.90 Å². The van der Waals surface area contributed by atoms with Gasteiger partial charge in [0.05, 0.1) is 11.3 Å². The number of carbonyl (C=O) groups is 1. The van der Waals surface area contributed by atoms with E-state index in [1.165, 1.54) is 0 Å². The molecule has 0 aromatic heterocycles. The zero-order valence-electron chi connectivity index (χ0n) is 9.82. The predicted molar refractivity (Wildman–Crippen MR) is 71.7 cm³/mol. The number of carboxylic acid groups (broad SMARTS) is 1. The standard InChI is InChI=1S/C13H16BrNO2/c1-2-9-5-6-15(8-9)12-4-3-10(14)7-11(12)13(16)17/h3-4,7,9H,2,5-6,8H2,1H3,(H,16,17). The number of nitrogens with zero attached hydrogens (tertiary/aromatic N) is 1. The van der Waals surface area contributed by atoms with Gasteiger partial charge in [-0.25, -0.2) is 4.79 Å². The fraction of sp³-hybridized carbons (Fsp3) is 0.462. The molecule has 1 unspecified atom stereocenters.